The number of rotatable bonds is 11. The zero-order valence-electron chi connectivity index (χ0n) is 24.6. The molecule has 214 valence electrons. The number of nitrogens with one attached hydrogen (secondary N) is 2. The molecule has 0 aliphatic carbocycles. The number of nitrogens with zero attached hydrogens (tertiary/aromatic N) is 1. The standard InChI is InChI=1S/C30H43N3O5S/c1-19(2)33(28(35)25(16-17-39-9)32-29(36)38-30(5,6)7)26(24-15-10-20(3)18-21(24)4)27(34)31-22-11-13-23(37-8)14-12-22/h10-15,18-19,25-26H,16-17H2,1-9H3,(H,31,34)(H,32,36). The average molecular weight is 558 g/mol. The summed E-state index contributed by atoms with van der Waals surface area (Å²) in [4.78, 5) is 42.4. The first kappa shape index (κ1) is 32.0. The van der Waals surface area contributed by atoms with Crippen LogP contribution in [0.5, 0.6) is 5.75 Å². The molecule has 8 nitrogen and oxygen atoms in total. The highest BCUT2D eigenvalue weighted by Gasteiger charge is 2.38. The molecule has 0 saturated heterocycles. The summed E-state index contributed by atoms with van der Waals surface area (Å²) >= 11 is 1.58. The van der Waals surface area contributed by atoms with Crippen molar-refractivity contribution in [3.63, 3.8) is 0 Å². The first-order valence-corrected chi connectivity index (χ1v) is 14.5. The number of anilines is 1. The lowest BCUT2D eigenvalue weighted by molar-refractivity contribution is -0.143. The minimum Gasteiger partial charge on any atom is -0.497 e. The molecule has 2 unspecified atom stereocenters. The molecular formula is C30H43N3O5S. The molecule has 0 radical (unpaired) electrons. The SMILES string of the molecule is COc1ccc(NC(=O)C(c2ccc(C)cc2C)N(C(=O)C(CCSC)NC(=O)OC(C)(C)C)C(C)C)cc1. The normalized spacial score (nSPS) is 12.9. The summed E-state index contributed by atoms with van der Waals surface area (Å²) in [5.74, 6) is 0.613. The van der Waals surface area contributed by atoms with Gasteiger partial charge in [0.1, 0.15) is 23.4 Å². The molecule has 0 fully saturated rings. The van der Waals surface area contributed by atoms with E-state index in [0.717, 1.165) is 16.7 Å². The predicted molar refractivity (Wildman–Crippen MR) is 158 cm³/mol. The molecule has 0 aliphatic heterocycles. The smallest absolute Gasteiger partial charge is 0.408 e. The maximum atomic E-state index is 14.2. The highest BCUT2D eigenvalue weighted by molar-refractivity contribution is 7.98. The van der Waals surface area contributed by atoms with Crippen molar-refractivity contribution in [2.75, 3.05) is 24.4 Å². The van der Waals surface area contributed by atoms with Gasteiger partial charge < -0.3 is 25.0 Å². The molecule has 3 amide bonds. The summed E-state index contributed by atoms with van der Waals surface area (Å²) in [6.45, 7) is 13.0. The van der Waals surface area contributed by atoms with Crippen molar-refractivity contribution in [3.8, 4) is 5.75 Å². The maximum Gasteiger partial charge on any atom is 0.408 e. The van der Waals surface area contributed by atoms with Gasteiger partial charge in [0, 0.05) is 11.7 Å². The van der Waals surface area contributed by atoms with E-state index >= 15 is 0 Å². The third kappa shape index (κ3) is 9.49. The molecule has 0 spiro atoms. The van der Waals surface area contributed by atoms with E-state index in [-0.39, 0.29) is 17.9 Å². The van der Waals surface area contributed by atoms with Gasteiger partial charge in [0.2, 0.25) is 5.91 Å². The molecule has 39 heavy (non-hydrogen) atoms. The number of benzene rings is 2. The van der Waals surface area contributed by atoms with E-state index in [2.05, 4.69) is 10.6 Å². The predicted octanol–water partition coefficient (Wildman–Crippen LogP) is 5.88. The Hall–Kier alpha value is -3.20. The second-order valence-corrected chi connectivity index (χ2v) is 11.8. The third-order valence-electron chi connectivity index (χ3n) is 6.01. The van der Waals surface area contributed by atoms with E-state index in [1.807, 2.05) is 52.1 Å². The molecule has 2 aromatic carbocycles. The Kier molecular flexibility index (Phi) is 11.7. The Morgan fingerprint density at radius 2 is 1.67 bits per heavy atom. The van der Waals surface area contributed by atoms with Crippen LogP contribution >= 0.6 is 11.8 Å². The third-order valence-corrected chi connectivity index (χ3v) is 6.66. The fraction of sp³-hybridized carbons (Fsp3) is 0.500. The Morgan fingerprint density at radius 1 is 1.03 bits per heavy atom. The van der Waals surface area contributed by atoms with Crippen LogP contribution in [0.4, 0.5) is 10.5 Å². The van der Waals surface area contributed by atoms with E-state index in [1.54, 1.807) is 68.8 Å². The second kappa shape index (κ2) is 14.3. The summed E-state index contributed by atoms with van der Waals surface area (Å²) in [5.41, 5.74) is 2.53. The number of ether oxygens (including phenoxy) is 2. The van der Waals surface area contributed by atoms with Gasteiger partial charge in [-0.1, -0.05) is 23.8 Å². The van der Waals surface area contributed by atoms with Crippen LogP contribution in [0.25, 0.3) is 0 Å². The summed E-state index contributed by atoms with van der Waals surface area (Å²) in [6, 6.07) is 10.7. The average Bonchev–Trinajstić information content (AvgIpc) is 2.84. The van der Waals surface area contributed by atoms with Gasteiger partial charge >= 0.3 is 6.09 Å². The van der Waals surface area contributed by atoms with Gasteiger partial charge in [0.25, 0.3) is 5.91 Å². The molecule has 2 rings (SSSR count). The number of carbonyl (C=O) groups excluding carboxylic acids is 3. The van der Waals surface area contributed by atoms with Crippen LogP contribution in [0, 0.1) is 13.8 Å². The topological polar surface area (TPSA) is 97.0 Å². The zero-order chi connectivity index (χ0) is 29.3. The van der Waals surface area contributed by atoms with E-state index in [9.17, 15) is 14.4 Å². The molecule has 0 saturated carbocycles. The molecule has 2 atom stereocenters. The summed E-state index contributed by atoms with van der Waals surface area (Å²) in [6.07, 6.45) is 1.66. The Balaban J connectivity index is 2.53. The van der Waals surface area contributed by atoms with Crippen LogP contribution < -0.4 is 15.4 Å². The molecule has 2 N–H and O–H groups in total. The van der Waals surface area contributed by atoms with Gasteiger partial charge in [0.05, 0.1) is 7.11 Å². The van der Waals surface area contributed by atoms with Crippen LogP contribution in [-0.4, -0.2) is 59.6 Å². The van der Waals surface area contributed by atoms with E-state index in [4.69, 9.17) is 9.47 Å². The number of aryl methyl sites for hydroxylation is 2. The van der Waals surface area contributed by atoms with Crippen molar-refractivity contribution in [1.82, 2.24) is 10.2 Å². The molecule has 0 bridgehead atoms. The van der Waals surface area contributed by atoms with Gasteiger partial charge in [-0.25, -0.2) is 4.79 Å². The highest BCUT2D eigenvalue weighted by Crippen LogP contribution is 2.30. The van der Waals surface area contributed by atoms with Crippen molar-refractivity contribution in [1.29, 1.82) is 0 Å². The van der Waals surface area contributed by atoms with Crippen molar-refractivity contribution >= 4 is 35.4 Å². The highest BCUT2D eigenvalue weighted by atomic mass is 32.2. The largest absolute Gasteiger partial charge is 0.497 e. The van der Waals surface area contributed by atoms with Crippen LogP contribution in [0.1, 0.15) is 63.8 Å². The van der Waals surface area contributed by atoms with E-state index < -0.39 is 23.8 Å². The van der Waals surface area contributed by atoms with Gasteiger partial charge in [-0.05, 0) is 102 Å². The number of methoxy groups -OCH3 is 1. The van der Waals surface area contributed by atoms with E-state index in [1.165, 1.54) is 0 Å². The lowest BCUT2D eigenvalue weighted by Gasteiger charge is -2.37. The fourth-order valence-electron chi connectivity index (χ4n) is 4.24. The Morgan fingerprint density at radius 3 is 2.18 bits per heavy atom. The van der Waals surface area contributed by atoms with Crippen molar-refractivity contribution in [2.45, 2.75) is 78.6 Å². The van der Waals surface area contributed by atoms with Crippen molar-refractivity contribution in [2.24, 2.45) is 0 Å². The van der Waals surface area contributed by atoms with Gasteiger partial charge in [-0.3, -0.25) is 9.59 Å². The number of hydrogen-bond donors (Lipinski definition) is 2. The number of thioether (sulfide) groups is 1. The molecule has 9 heteroatoms. The summed E-state index contributed by atoms with van der Waals surface area (Å²) in [7, 11) is 1.58. The Bertz CT molecular complexity index is 1130. The van der Waals surface area contributed by atoms with Crippen LogP contribution in [0.2, 0.25) is 0 Å². The first-order chi connectivity index (χ1) is 18.3. The zero-order valence-corrected chi connectivity index (χ0v) is 25.4. The number of amides is 3. The molecular weight excluding hydrogens is 514 g/mol. The lowest BCUT2D eigenvalue weighted by atomic mass is 9.95. The van der Waals surface area contributed by atoms with Crippen LogP contribution in [0.3, 0.4) is 0 Å². The van der Waals surface area contributed by atoms with Crippen molar-refractivity contribution in [3.05, 3.63) is 59.2 Å². The molecule has 0 heterocycles. The molecule has 0 aliphatic rings. The number of carbonyl (C=O) groups is 3. The van der Waals surface area contributed by atoms with Crippen LogP contribution in [0.15, 0.2) is 42.5 Å². The van der Waals surface area contributed by atoms with Gasteiger partial charge in [0.15, 0.2) is 0 Å². The lowest BCUT2D eigenvalue weighted by Crippen LogP contribution is -2.54. The minimum atomic E-state index is -0.933. The monoisotopic (exact) mass is 557 g/mol. The van der Waals surface area contributed by atoms with Crippen molar-refractivity contribution < 1.29 is 23.9 Å². The quantitative estimate of drug-likeness (QED) is 0.358. The molecule has 2 aromatic rings. The summed E-state index contributed by atoms with van der Waals surface area (Å²) < 4.78 is 10.7. The van der Waals surface area contributed by atoms with Gasteiger partial charge in [-0.15, -0.1) is 0 Å². The maximum absolute atomic E-state index is 14.2. The Labute approximate surface area is 237 Å². The number of hydrogen-bond acceptors (Lipinski definition) is 6. The molecule has 0 aromatic heterocycles. The van der Waals surface area contributed by atoms with Gasteiger partial charge in [-0.2, -0.15) is 11.8 Å². The fourth-order valence-corrected chi connectivity index (χ4v) is 4.71. The summed E-state index contributed by atoms with van der Waals surface area (Å²) in [5, 5.41) is 5.74. The number of alkyl carbamates (subject to hydrolysis) is 1. The second-order valence-electron chi connectivity index (χ2n) is 10.8. The van der Waals surface area contributed by atoms with E-state index in [0.29, 0.717) is 23.6 Å². The first-order valence-electron chi connectivity index (χ1n) is 13.1. The minimum absolute atomic E-state index is 0.345. The van der Waals surface area contributed by atoms with Crippen LogP contribution in [-0.2, 0) is 14.3 Å².